The van der Waals surface area contributed by atoms with E-state index in [-0.39, 0.29) is 5.56 Å². The van der Waals surface area contributed by atoms with Crippen LogP contribution in [0.4, 0.5) is 10.1 Å². The molecule has 0 aliphatic heterocycles. The Morgan fingerprint density at radius 2 is 2.22 bits per heavy atom. The number of halogens is 1. The van der Waals surface area contributed by atoms with Gasteiger partial charge in [0.25, 0.3) is 5.91 Å². The van der Waals surface area contributed by atoms with Gasteiger partial charge >= 0.3 is 0 Å². The first-order valence-corrected chi connectivity index (χ1v) is 5.39. The van der Waals surface area contributed by atoms with Crippen molar-refractivity contribution in [3.05, 3.63) is 59.7 Å². The molecule has 0 aliphatic rings. The highest BCUT2D eigenvalue weighted by Gasteiger charge is 2.08. The van der Waals surface area contributed by atoms with Gasteiger partial charge in [0.2, 0.25) is 0 Å². The fraction of sp³-hybridized carbons (Fsp3) is 0.0769. The highest BCUT2D eigenvalue weighted by atomic mass is 19.1. The van der Waals surface area contributed by atoms with Gasteiger partial charge in [0.05, 0.1) is 5.56 Å². The number of hydrogen-bond donors (Lipinski definition) is 2. The Hall–Kier alpha value is -2.43. The van der Waals surface area contributed by atoms with Crippen LogP contribution in [0, 0.1) is 5.82 Å². The maximum Gasteiger partial charge on any atom is 0.251 e. The van der Waals surface area contributed by atoms with Crippen LogP contribution in [0.15, 0.2) is 42.7 Å². The number of amides is 1. The summed E-state index contributed by atoms with van der Waals surface area (Å²) in [6.07, 6.45) is 3.41. The zero-order valence-electron chi connectivity index (χ0n) is 9.56. The maximum atomic E-state index is 13.2. The van der Waals surface area contributed by atoms with E-state index in [9.17, 15) is 9.18 Å². The molecule has 0 spiro atoms. The van der Waals surface area contributed by atoms with Gasteiger partial charge in [-0.2, -0.15) is 0 Å². The van der Waals surface area contributed by atoms with Gasteiger partial charge < -0.3 is 11.1 Å². The Morgan fingerprint density at radius 1 is 1.39 bits per heavy atom. The van der Waals surface area contributed by atoms with Gasteiger partial charge in [-0.05, 0) is 29.8 Å². The van der Waals surface area contributed by atoms with Crippen LogP contribution < -0.4 is 11.1 Å². The van der Waals surface area contributed by atoms with E-state index in [0.29, 0.717) is 12.2 Å². The van der Waals surface area contributed by atoms with Crippen molar-refractivity contribution in [1.29, 1.82) is 0 Å². The third-order valence-corrected chi connectivity index (χ3v) is 2.45. The van der Waals surface area contributed by atoms with Crippen LogP contribution in [-0.2, 0) is 6.54 Å². The molecule has 1 aromatic heterocycles. The molecule has 0 aliphatic carbocycles. The number of nitrogens with one attached hydrogen (secondary N) is 1. The van der Waals surface area contributed by atoms with Crippen molar-refractivity contribution >= 4 is 11.6 Å². The number of benzene rings is 1. The number of carbonyl (C=O) groups excluding carboxylic acids is 1. The summed E-state index contributed by atoms with van der Waals surface area (Å²) < 4.78 is 13.2. The van der Waals surface area contributed by atoms with Crippen molar-refractivity contribution in [3.63, 3.8) is 0 Å². The van der Waals surface area contributed by atoms with Crippen LogP contribution in [0.1, 0.15) is 15.9 Å². The minimum atomic E-state index is -0.780. The van der Waals surface area contributed by atoms with E-state index in [1.165, 1.54) is 12.1 Å². The van der Waals surface area contributed by atoms with E-state index in [1.54, 1.807) is 18.5 Å². The Morgan fingerprint density at radius 3 is 2.89 bits per heavy atom. The molecular weight excluding hydrogens is 233 g/mol. The molecule has 0 radical (unpaired) electrons. The molecule has 2 aromatic rings. The molecule has 0 atom stereocenters. The number of pyridine rings is 1. The van der Waals surface area contributed by atoms with Crippen molar-refractivity contribution in [2.75, 3.05) is 5.32 Å². The quantitative estimate of drug-likeness (QED) is 0.864. The van der Waals surface area contributed by atoms with Gasteiger partial charge in [0.1, 0.15) is 5.82 Å². The van der Waals surface area contributed by atoms with E-state index in [0.717, 1.165) is 5.56 Å². The summed E-state index contributed by atoms with van der Waals surface area (Å²) in [5.74, 6) is -1.40. The highest BCUT2D eigenvalue weighted by molar-refractivity contribution is 5.94. The number of nitrogens with zero attached hydrogens (tertiary/aromatic N) is 1. The predicted molar refractivity (Wildman–Crippen MR) is 66.5 cm³/mol. The van der Waals surface area contributed by atoms with Gasteiger partial charge in [0, 0.05) is 24.6 Å². The fourth-order valence-electron chi connectivity index (χ4n) is 1.53. The molecular formula is C13H12FN3O. The maximum absolute atomic E-state index is 13.2. The number of rotatable bonds is 4. The Labute approximate surface area is 104 Å². The molecule has 2 rings (SSSR count). The summed E-state index contributed by atoms with van der Waals surface area (Å²) in [6, 6.07) is 7.91. The standard InChI is InChI=1S/C13H12FN3O/c14-12-4-3-10(6-11(12)13(15)18)17-8-9-2-1-5-16-7-9/h1-7,17H,8H2,(H2,15,18). The topological polar surface area (TPSA) is 68.0 Å². The molecule has 0 saturated carbocycles. The molecule has 5 heteroatoms. The second-order valence-corrected chi connectivity index (χ2v) is 3.77. The molecule has 1 heterocycles. The molecule has 3 N–H and O–H groups in total. The molecule has 1 amide bonds. The number of hydrogen-bond acceptors (Lipinski definition) is 3. The van der Waals surface area contributed by atoms with Gasteiger partial charge in [-0.25, -0.2) is 4.39 Å². The van der Waals surface area contributed by atoms with Crippen molar-refractivity contribution in [3.8, 4) is 0 Å². The van der Waals surface area contributed by atoms with E-state index >= 15 is 0 Å². The molecule has 0 saturated heterocycles. The first kappa shape index (κ1) is 12.0. The van der Waals surface area contributed by atoms with Crippen molar-refractivity contribution < 1.29 is 9.18 Å². The lowest BCUT2D eigenvalue weighted by Gasteiger charge is -2.07. The van der Waals surface area contributed by atoms with Crippen LogP contribution >= 0.6 is 0 Å². The van der Waals surface area contributed by atoms with Crippen LogP contribution in [-0.4, -0.2) is 10.9 Å². The highest BCUT2D eigenvalue weighted by Crippen LogP contribution is 2.15. The van der Waals surface area contributed by atoms with Crippen LogP contribution in [0.5, 0.6) is 0 Å². The third kappa shape index (κ3) is 2.82. The van der Waals surface area contributed by atoms with Gasteiger partial charge in [-0.3, -0.25) is 9.78 Å². The summed E-state index contributed by atoms with van der Waals surface area (Å²) in [5, 5.41) is 3.07. The third-order valence-electron chi connectivity index (χ3n) is 2.45. The molecule has 4 nitrogen and oxygen atoms in total. The minimum Gasteiger partial charge on any atom is -0.381 e. The molecule has 18 heavy (non-hydrogen) atoms. The van der Waals surface area contributed by atoms with Gasteiger partial charge in [0.15, 0.2) is 0 Å². The Balaban J connectivity index is 2.11. The zero-order valence-corrected chi connectivity index (χ0v) is 9.56. The summed E-state index contributed by atoms with van der Waals surface area (Å²) in [7, 11) is 0. The lowest BCUT2D eigenvalue weighted by Crippen LogP contribution is -2.13. The molecule has 92 valence electrons. The first-order chi connectivity index (χ1) is 8.66. The van der Waals surface area contributed by atoms with Crippen molar-refractivity contribution in [2.45, 2.75) is 6.54 Å². The summed E-state index contributed by atoms with van der Waals surface area (Å²) in [6.45, 7) is 0.539. The second-order valence-electron chi connectivity index (χ2n) is 3.77. The molecule has 0 bridgehead atoms. The number of aromatic nitrogens is 1. The van der Waals surface area contributed by atoms with E-state index in [4.69, 9.17) is 5.73 Å². The minimum absolute atomic E-state index is 0.119. The number of anilines is 1. The molecule has 0 fully saturated rings. The Bertz CT molecular complexity index is 557. The first-order valence-electron chi connectivity index (χ1n) is 5.39. The number of primary amides is 1. The summed E-state index contributed by atoms with van der Waals surface area (Å²) in [4.78, 5) is 15.0. The monoisotopic (exact) mass is 245 g/mol. The fourth-order valence-corrected chi connectivity index (χ4v) is 1.53. The van der Waals surface area contributed by atoms with Crippen LogP contribution in [0.3, 0.4) is 0 Å². The van der Waals surface area contributed by atoms with E-state index in [1.807, 2.05) is 12.1 Å². The number of carbonyl (C=O) groups is 1. The lowest BCUT2D eigenvalue weighted by atomic mass is 10.1. The predicted octanol–water partition coefficient (Wildman–Crippen LogP) is 1.93. The zero-order chi connectivity index (χ0) is 13.0. The van der Waals surface area contributed by atoms with Gasteiger partial charge in [-0.15, -0.1) is 0 Å². The number of nitrogens with two attached hydrogens (primary N) is 1. The normalized spacial score (nSPS) is 10.1. The summed E-state index contributed by atoms with van der Waals surface area (Å²) in [5.41, 5.74) is 6.58. The van der Waals surface area contributed by atoms with E-state index < -0.39 is 11.7 Å². The molecule has 0 unspecified atom stereocenters. The largest absolute Gasteiger partial charge is 0.381 e. The molecule has 1 aromatic carbocycles. The van der Waals surface area contributed by atoms with E-state index in [2.05, 4.69) is 10.3 Å². The van der Waals surface area contributed by atoms with Crippen LogP contribution in [0.25, 0.3) is 0 Å². The SMILES string of the molecule is NC(=O)c1cc(NCc2cccnc2)ccc1F. The second kappa shape index (κ2) is 5.27. The van der Waals surface area contributed by atoms with Crippen molar-refractivity contribution in [1.82, 2.24) is 4.98 Å². The Kier molecular flexibility index (Phi) is 3.52. The average molecular weight is 245 g/mol. The summed E-state index contributed by atoms with van der Waals surface area (Å²) >= 11 is 0. The lowest BCUT2D eigenvalue weighted by molar-refractivity contribution is 0.0996. The average Bonchev–Trinajstić information content (AvgIpc) is 2.38. The van der Waals surface area contributed by atoms with Crippen LogP contribution in [0.2, 0.25) is 0 Å². The van der Waals surface area contributed by atoms with Crippen molar-refractivity contribution in [2.24, 2.45) is 5.73 Å². The smallest absolute Gasteiger partial charge is 0.251 e. The van der Waals surface area contributed by atoms with Gasteiger partial charge in [-0.1, -0.05) is 6.07 Å².